The van der Waals surface area contributed by atoms with Crippen molar-refractivity contribution in [1.82, 2.24) is 20.1 Å². The average molecular weight is 378 g/mol. The predicted molar refractivity (Wildman–Crippen MR) is 104 cm³/mol. The Morgan fingerprint density at radius 3 is 2.75 bits per heavy atom. The van der Waals surface area contributed by atoms with E-state index >= 15 is 0 Å². The summed E-state index contributed by atoms with van der Waals surface area (Å²) in [6, 6.07) is 9.18. The van der Waals surface area contributed by atoms with Gasteiger partial charge in [-0.05, 0) is 42.7 Å². The molecular weight excluding hydrogens is 356 g/mol. The highest BCUT2D eigenvalue weighted by molar-refractivity contribution is 5.98. The summed E-state index contributed by atoms with van der Waals surface area (Å²) in [4.78, 5) is 19.4. The molecule has 7 heteroatoms. The topological polar surface area (TPSA) is 80.3 Å². The molecule has 4 rings (SSSR count). The van der Waals surface area contributed by atoms with E-state index in [0.29, 0.717) is 23.6 Å². The number of pyridine rings is 1. The van der Waals surface area contributed by atoms with Crippen molar-refractivity contribution in [2.45, 2.75) is 18.9 Å². The van der Waals surface area contributed by atoms with Gasteiger partial charge in [-0.25, -0.2) is 0 Å². The minimum absolute atomic E-state index is 0.0749. The molecule has 0 unspecified atom stereocenters. The lowest BCUT2D eigenvalue weighted by molar-refractivity contribution is 0.0729. The van der Waals surface area contributed by atoms with Gasteiger partial charge in [0.05, 0.1) is 37.7 Å². The van der Waals surface area contributed by atoms with Gasteiger partial charge in [-0.3, -0.25) is 14.9 Å². The number of aromatic nitrogens is 3. The van der Waals surface area contributed by atoms with E-state index in [-0.39, 0.29) is 11.9 Å². The zero-order valence-corrected chi connectivity index (χ0v) is 15.9. The van der Waals surface area contributed by atoms with Crippen LogP contribution in [0.3, 0.4) is 0 Å². The van der Waals surface area contributed by atoms with Gasteiger partial charge in [0.1, 0.15) is 0 Å². The highest BCUT2D eigenvalue weighted by Crippen LogP contribution is 2.39. The van der Waals surface area contributed by atoms with Crippen LogP contribution in [0.1, 0.15) is 34.9 Å². The zero-order valence-electron chi connectivity index (χ0n) is 15.9. The number of hydrogen-bond acceptors (Lipinski definition) is 5. The summed E-state index contributed by atoms with van der Waals surface area (Å²) in [6.45, 7) is 0.679. The van der Waals surface area contributed by atoms with Gasteiger partial charge in [0.15, 0.2) is 11.5 Å². The van der Waals surface area contributed by atoms with E-state index in [2.05, 4.69) is 15.2 Å². The van der Waals surface area contributed by atoms with Gasteiger partial charge >= 0.3 is 0 Å². The molecule has 1 atom stereocenters. The molecule has 1 aromatic carbocycles. The molecule has 1 aliphatic heterocycles. The summed E-state index contributed by atoms with van der Waals surface area (Å²) in [6.07, 6.45) is 7.11. The third kappa shape index (κ3) is 3.09. The van der Waals surface area contributed by atoms with Crippen molar-refractivity contribution in [3.05, 3.63) is 60.2 Å². The Morgan fingerprint density at radius 2 is 2.00 bits per heavy atom. The van der Waals surface area contributed by atoms with E-state index in [1.807, 2.05) is 17.0 Å². The third-order valence-corrected chi connectivity index (χ3v) is 5.14. The van der Waals surface area contributed by atoms with Gasteiger partial charge in [0, 0.05) is 24.5 Å². The molecule has 0 saturated carbocycles. The summed E-state index contributed by atoms with van der Waals surface area (Å²) in [5, 5.41) is 7.36. The summed E-state index contributed by atoms with van der Waals surface area (Å²) < 4.78 is 10.8. The molecule has 28 heavy (non-hydrogen) atoms. The average Bonchev–Trinajstić information content (AvgIpc) is 3.42. The molecule has 0 spiro atoms. The lowest BCUT2D eigenvalue weighted by Crippen LogP contribution is -2.31. The van der Waals surface area contributed by atoms with E-state index < -0.39 is 0 Å². The number of carbonyl (C=O) groups is 1. The molecule has 1 amide bonds. The Bertz CT molecular complexity index is 971. The van der Waals surface area contributed by atoms with Crippen molar-refractivity contribution < 1.29 is 14.3 Å². The molecule has 1 aliphatic rings. The molecule has 0 aliphatic carbocycles. The van der Waals surface area contributed by atoms with E-state index in [0.717, 1.165) is 29.7 Å². The number of ether oxygens (including phenoxy) is 2. The maximum Gasteiger partial charge on any atom is 0.258 e. The molecular formula is C21H22N4O3. The van der Waals surface area contributed by atoms with Crippen LogP contribution in [-0.4, -0.2) is 46.8 Å². The first-order valence-corrected chi connectivity index (χ1v) is 9.20. The normalized spacial score (nSPS) is 16.2. The summed E-state index contributed by atoms with van der Waals surface area (Å²) in [5.74, 6) is 0.927. The lowest BCUT2D eigenvalue weighted by Gasteiger charge is -2.26. The maximum absolute atomic E-state index is 13.4. The number of para-hydroxylation sites is 1. The number of likely N-dealkylation sites (tertiary alicyclic amines) is 1. The number of amides is 1. The van der Waals surface area contributed by atoms with Gasteiger partial charge in [-0.2, -0.15) is 5.10 Å². The van der Waals surface area contributed by atoms with Crippen molar-refractivity contribution in [3.8, 4) is 22.6 Å². The smallest absolute Gasteiger partial charge is 0.258 e. The van der Waals surface area contributed by atoms with Gasteiger partial charge < -0.3 is 14.4 Å². The first-order chi connectivity index (χ1) is 13.7. The fourth-order valence-corrected chi connectivity index (χ4v) is 3.83. The van der Waals surface area contributed by atoms with E-state index in [1.165, 1.54) is 0 Å². The maximum atomic E-state index is 13.4. The molecule has 2 aromatic heterocycles. The monoisotopic (exact) mass is 378 g/mol. The second-order valence-corrected chi connectivity index (χ2v) is 6.63. The molecule has 7 nitrogen and oxygen atoms in total. The molecule has 0 bridgehead atoms. The van der Waals surface area contributed by atoms with E-state index in [1.54, 1.807) is 51.0 Å². The number of nitrogens with zero attached hydrogens (tertiary/aromatic N) is 3. The highest BCUT2D eigenvalue weighted by atomic mass is 16.5. The molecule has 1 N–H and O–H groups in total. The minimum Gasteiger partial charge on any atom is -0.493 e. The quantitative estimate of drug-likeness (QED) is 0.735. The molecule has 3 heterocycles. The molecule has 0 radical (unpaired) electrons. The van der Waals surface area contributed by atoms with Crippen LogP contribution in [0.4, 0.5) is 0 Å². The first kappa shape index (κ1) is 18.0. The fourth-order valence-electron chi connectivity index (χ4n) is 3.83. The number of methoxy groups -OCH3 is 2. The van der Waals surface area contributed by atoms with Crippen LogP contribution in [0, 0.1) is 0 Å². The Kier molecular flexibility index (Phi) is 4.97. The van der Waals surface area contributed by atoms with Crippen molar-refractivity contribution >= 4 is 5.91 Å². The largest absolute Gasteiger partial charge is 0.493 e. The minimum atomic E-state index is -0.0754. The van der Waals surface area contributed by atoms with Crippen LogP contribution >= 0.6 is 0 Å². The summed E-state index contributed by atoms with van der Waals surface area (Å²) >= 11 is 0. The highest BCUT2D eigenvalue weighted by Gasteiger charge is 2.34. The standard InChI is InChI=1S/C21H22N4O3/c1-27-18-7-3-5-15(20(18)28-2)21(26)25-12-4-6-17(25)19-16(13-23-24-19)14-8-10-22-11-9-14/h3,5,7-11,13,17H,4,6,12H2,1-2H3,(H,23,24)/t17-/m1/s1. The van der Waals surface area contributed by atoms with Crippen LogP contribution < -0.4 is 9.47 Å². The van der Waals surface area contributed by atoms with E-state index in [9.17, 15) is 4.79 Å². The number of carbonyl (C=O) groups excluding carboxylic acids is 1. The second-order valence-electron chi connectivity index (χ2n) is 6.63. The molecule has 1 fully saturated rings. The summed E-state index contributed by atoms with van der Waals surface area (Å²) in [5.41, 5.74) is 3.46. The van der Waals surface area contributed by atoms with Crippen LogP contribution in [-0.2, 0) is 0 Å². The number of rotatable bonds is 5. The van der Waals surface area contributed by atoms with Crippen LogP contribution in [0.25, 0.3) is 11.1 Å². The SMILES string of the molecule is COc1cccc(C(=O)N2CCC[C@@H]2c2[nH]ncc2-c2ccncc2)c1OC. The number of nitrogens with one attached hydrogen (secondary N) is 1. The molecule has 1 saturated heterocycles. The Balaban J connectivity index is 1.69. The van der Waals surface area contributed by atoms with Crippen molar-refractivity contribution in [2.75, 3.05) is 20.8 Å². The predicted octanol–water partition coefficient (Wildman–Crippen LogP) is 3.47. The lowest BCUT2D eigenvalue weighted by atomic mass is 10.0. The van der Waals surface area contributed by atoms with Crippen molar-refractivity contribution in [2.24, 2.45) is 0 Å². The van der Waals surface area contributed by atoms with E-state index in [4.69, 9.17) is 9.47 Å². The fraction of sp³-hybridized carbons (Fsp3) is 0.286. The van der Waals surface area contributed by atoms with Gasteiger partial charge in [-0.1, -0.05) is 6.07 Å². The number of hydrogen-bond donors (Lipinski definition) is 1. The van der Waals surface area contributed by atoms with Crippen molar-refractivity contribution in [3.63, 3.8) is 0 Å². The van der Waals surface area contributed by atoms with Crippen LogP contribution in [0.15, 0.2) is 48.9 Å². The third-order valence-electron chi connectivity index (χ3n) is 5.14. The van der Waals surface area contributed by atoms with Crippen molar-refractivity contribution in [1.29, 1.82) is 0 Å². The second kappa shape index (κ2) is 7.72. The van der Waals surface area contributed by atoms with Gasteiger partial charge in [0.25, 0.3) is 5.91 Å². The number of H-pyrrole nitrogens is 1. The Morgan fingerprint density at radius 1 is 1.18 bits per heavy atom. The van der Waals surface area contributed by atoms with Crippen LogP contribution in [0.5, 0.6) is 11.5 Å². The molecule has 3 aromatic rings. The first-order valence-electron chi connectivity index (χ1n) is 9.20. The number of aromatic amines is 1. The Labute approximate surface area is 163 Å². The van der Waals surface area contributed by atoms with Gasteiger partial charge in [0.2, 0.25) is 0 Å². The Hall–Kier alpha value is -3.35. The van der Waals surface area contributed by atoms with Crippen LogP contribution in [0.2, 0.25) is 0 Å². The summed E-state index contributed by atoms with van der Waals surface area (Å²) in [7, 11) is 3.11. The zero-order chi connectivity index (χ0) is 19.5. The molecule has 144 valence electrons. The number of benzene rings is 1. The van der Waals surface area contributed by atoms with Gasteiger partial charge in [-0.15, -0.1) is 0 Å².